The van der Waals surface area contributed by atoms with E-state index in [0.29, 0.717) is 33.6 Å². The first kappa shape index (κ1) is 67.0. The van der Waals surface area contributed by atoms with Gasteiger partial charge in [0.05, 0.1) is 21.0 Å². The summed E-state index contributed by atoms with van der Waals surface area (Å²) in [4.78, 5) is 111. The van der Waals surface area contributed by atoms with Crippen molar-refractivity contribution in [2.75, 3.05) is 46.9 Å². The van der Waals surface area contributed by atoms with Gasteiger partial charge in [0.2, 0.25) is 41.5 Å². The van der Waals surface area contributed by atoms with E-state index >= 15 is 0 Å². The Morgan fingerprint density at radius 1 is 0.724 bits per heavy atom. The first-order valence-electron chi connectivity index (χ1n) is 24.2. The SMILES string of the molecule is CCCC(Br)C=O.CCCc1c[nH]c2nc(N)[nH]c(=O)c12.CCCc1c[nH]c2nc(NC(C)=O)nc(Cl)c12.CCCc1cn(C(C)=O)c2nc(NC(C)=O)[nH]c(=O)c12.CCCl.Nc1cc(=O)[nH]c(N)n1.OCCCCO. The lowest BCUT2D eigenvalue weighted by molar-refractivity contribution is -0.115. The molecule has 28 heteroatoms. The Balaban J connectivity index is 0.000000472. The number of fused-ring (bicyclic) bond motifs is 3. The van der Waals surface area contributed by atoms with Crippen molar-refractivity contribution in [3.05, 3.63) is 77.6 Å². The molecule has 0 fully saturated rings. The van der Waals surface area contributed by atoms with Crippen LogP contribution in [0.25, 0.3) is 33.1 Å². The van der Waals surface area contributed by atoms with Crippen LogP contribution in [0, 0.1) is 0 Å². The number of H-pyrrole nitrogens is 5. The fourth-order valence-electron chi connectivity index (χ4n) is 6.51. The Morgan fingerprint density at radius 3 is 1.70 bits per heavy atom. The number of aromatic amines is 5. The van der Waals surface area contributed by atoms with Gasteiger partial charge < -0.3 is 42.2 Å². The van der Waals surface area contributed by atoms with Gasteiger partial charge in [-0.3, -0.25) is 58.9 Å². The fourth-order valence-corrected chi connectivity index (χ4v) is 7.26. The number of aliphatic hydroxyl groups is 2. The summed E-state index contributed by atoms with van der Waals surface area (Å²) in [7, 11) is 0. The lowest BCUT2D eigenvalue weighted by Gasteiger charge is -2.02. The molecule has 1 unspecified atom stereocenters. The Bertz CT molecular complexity index is 3070. The molecule has 15 N–H and O–H groups in total. The Labute approximate surface area is 456 Å². The smallest absolute Gasteiger partial charge is 0.262 e. The normalized spacial score (nSPS) is 10.5. The molecule has 7 heterocycles. The number of aryl methyl sites for hydroxylation is 3. The number of halogens is 3. The number of carbonyl (C=O) groups is 4. The molecule has 7 rings (SSSR count). The molecule has 76 heavy (non-hydrogen) atoms. The second-order valence-corrected chi connectivity index (χ2v) is 18.1. The van der Waals surface area contributed by atoms with Gasteiger partial charge in [-0.2, -0.15) is 24.9 Å². The summed E-state index contributed by atoms with van der Waals surface area (Å²) in [5, 5.41) is 23.3. The highest BCUT2D eigenvalue weighted by molar-refractivity contribution is 9.09. The Hall–Kier alpha value is -7.00. The van der Waals surface area contributed by atoms with Crippen LogP contribution in [0.2, 0.25) is 5.15 Å². The topological polar surface area (TPSA) is 410 Å². The maximum Gasteiger partial charge on any atom is 0.262 e. The predicted octanol–water partition coefficient (Wildman–Crippen LogP) is 6.28. The van der Waals surface area contributed by atoms with E-state index in [9.17, 15) is 33.6 Å². The summed E-state index contributed by atoms with van der Waals surface area (Å²) >= 11 is 14.3. The van der Waals surface area contributed by atoms with E-state index in [0.717, 1.165) is 98.1 Å². The molecule has 1 atom stereocenters. The van der Waals surface area contributed by atoms with Crippen molar-refractivity contribution < 1.29 is 29.4 Å². The van der Waals surface area contributed by atoms with E-state index < -0.39 is 0 Å². The fraction of sp³-hybridized carbons (Fsp3) is 0.458. The maximum atomic E-state index is 12.1. The number of nitrogens with zero attached hydrogens (tertiary/aromatic N) is 6. The number of alkyl halides is 2. The number of anilines is 5. The monoisotopic (exact) mass is 1160 g/mol. The number of aromatic nitrogens is 11. The van der Waals surface area contributed by atoms with Crippen molar-refractivity contribution in [3.8, 4) is 0 Å². The van der Waals surface area contributed by atoms with Crippen LogP contribution in [-0.4, -0.2) is 113 Å². The highest BCUT2D eigenvalue weighted by Gasteiger charge is 2.17. The van der Waals surface area contributed by atoms with Crippen LogP contribution >= 0.6 is 39.1 Å². The number of nitrogens with two attached hydrogens (primary N) is 3. The number of hydrogen-bond acceptors (Lipinski definition) is 17. The van der Waals surface area contributed by atoms with Gasteiger partial charge >= 0.3 is 0 Å². The second kappa shape index (κ2) is 36.1. The molecule has 0 aliphatic rings. The number of unbranched alkanes of at least 4 members (excludes halogenated alkanes) is 1. The molecule has 418 valence electrons. The van der Waals surface area contributed by atoms with E-state index in [1.165, 1.54) is 25.3 Å². The standard InChI is InChI=1S/C13H16N4O3.C11H13ClN4O.C9H12N4O.C5H9BrO.C4H6N4O.C4H10O2.C2H5Cl/c1-4-5-9-6-17(8(3)19)11-10(9)12(20)16-13(15-11)14-7(2)18;1-3-4-7-5-13-10-8(7)9(12)15-11(16-10)14-6(2)17;1-2-3-5-4-11-7-6(5)8(14)13-9(10)12-7;1-2-3-5(6)4-7;5-2-1-3(9)8-4(6)7-2;5-3-1-2-4-6;1-2-3/h6H,4-5H2,1-3H3,(H2,14,15,16,18,20);5H,3-4H2,1-2H3,(H2,13,14,15,16,17);4H,2-3H2,1H3,(H4,10,11,12,13,14);4-5H,2-3H2,1H3;1H,(H5,5,6,7,8,9);5-6H,1-4H2;2H2,1H3. The van der Waals surface area contributed by atoms with Crippen molar-refractivity contribution >= 4 is 126 Å². The first-order valence-corrected chi connectivity index (χ1v) is 26.0. The number of nitrogens with one attached hydrogen (secondary N) is 7. The lowest BCUT2D eigenvalue weighted by atomic mass is 10.1. The molecule has 7 aromatic rings. The first-order chi connectivity index (χ1) is 36.1. The van der Waals surface area contributed by atoms with E-state index in [-0.39, 0.29) is 87.7 Å². The summed E-state index contributed by atoms with van der Waals surface area (Å²) in [6.07, 6.45) is 15.0. The van der Waals surface area contributed by atoms with Crippen LogP contribution in [0.3, 0.4) is 0 Å². The number of aliphatic hydroxyl groups excluding tert-OH is 2. The third kappa shape index (κ3) is 23.3. The number of amides is 2. The van der Waals surface area contributed by atoms with Gasteiger partial charge in [-0.1, -0.05) is 87.8 Å². The van der Waals surface area contributed by atoms with E-state index in [1.54, 1.807) is 6.20 Å². The largest absolute Gasteiger partial charge is 0.396 e. The Kier molecular flexibility index (Phi) is 31.8. The number of nitrogen functional groups attached to an aromatic ring is 3. The van der Waals surface area contributed by atoms with Crippen LogP contribution in [0.4, 0.5) is 29.6 Å². The van der Waals surface area contributed by atoms with E-state index in [4.69, 9.17) is 50.6 Å². The zero-order valence-electron chi connectivity index (χ0n) is 44.0. The van der Waals surface area contributed by atoms with Crippen LogP contribution in [0.15, 0.2) is 39.0 Å². The van der Waals surface area contributed by atoms with Gasteiger partial charge in [-0.05, 0) is 55.2 Å². The molecule has 2 amide bonds. The maximum absolute atomic E-state index is 12.1. The minimum absolute atomic E-state index is 0.0404. The molecule has 0 aliphatic heterocycles. The zero-order valence-corrected chi connectivity index (χ0v) is 47.1. The third-order valence-corrected chi connectivity index (χ3v) is 10.4. The summed E-state index contributed by atoms with van der Waals surface area (Å²) in [6, 6.07) is 1.16. The molecule has 25 nitrogen and oxygen atoms in total. The Morgan fingerprint density at radius 2 is 1.24 bits per heavy atom. The average Bonchev–Trinajstić information content (AvgIpc) is 4.05. The predicted molar refractivity (Wildman–Crippen MR) is 304 cm³/mol. The highest BCUT2D eigenvalue weighted by Crippen LogP contribution is 2.26. The summed E-state index contributed by atoms with van der Waals surface area (Å²) in [6.45, 7) is 14.6. The average molecular weight is 1170 g/mol. The van der Waals surface area contributed by atoms with Crippen LogP contribution in [0.5, 0.6) is 0 Å². The van der Waals surface area contributed by atoms with E-state index in [1.807, 2.05) is 26.2 Å². The van der Waals surface area contributed by atoms with Crippen molar-refractivity contribution in [3.63, 3.8) is 0 Å². The van der Waals surface area contributed by atoms with E-state index in [2.05, 4.69) is 97.2 Å². The minimum atomic E-state index is -0.359. The number of aldehydes is 1. The van der Waals surface area contributed by atoms with Crippen LogP contribution in [-0.2, 0) is 33.6 Å². The van der Waals surface area contributed by atoms with Crippen molar-refractivity contribution in [2.45, 2.75) is 124 Å². The van der Waals surface area contributed by atoms with Gasteiger partial charge in [0, 0.05) is 64.5 Å². The number of carbonyl (C=O) groups excluding carboxylic acids is 4. The molecule has 0 bridgehead atoms. The van der Waals surface area contributed by atoms with Gasteiger partial charge in [-0.25, -0.2) is 0 Å². The van der Waals surface area contributed by atoms with Gasteiger partial charge in [0.1, 0.15) is 28.6 Å². The highest BCUT2D eigenvalue weighted by atomic mass is 79.9. The number of rotatable bonds is 14. The molecule has 0 aliphatic carbocycles. The number of hydrogen-bond donors (Lipinski definition) is 12. The summed E-state index contributed by atoms with van der Waals surface area (Å²) in [5.74, 6) is 0.509. The summed E-state index contributed by atoms with van der Waals surface area (Å²) in [5.41, 5.74) is 19.2. The molecule has 0 saturated carbocycles. The van der Waals surface area contributed by atoms with Crippen LogP contribution in [0.1, 0.15) is 122 Å². The lowest BCUT2D eigenvalue weighted by Crippen LogP contribution is -2.17. The van der Waals surface area contributed by atoms with Crippen LogP contribution < -0.4 is 44.5 Å². The van der Waals surface area contributed by atoms with Gasteiger partial charge in [-0.15, -0.1) is 11.6 Å². The molecule has 0 saturated heterocycles. The zero-order chi connectivity index (χ0) is 57.5. The van der Waals surface area contributed by atoms with Gasteiger partial charge in [0.15, 0.2) is 5.65 Å². The molecule has 0 radical (unpaired) electrons. The summed E-state index contributed by atoms with van der Waals surface area (Å²) < 4.78 is 1.33. The molecular weight excluding hydrogens is 1100 g/mol. The van der Waals surface area contributed by atoms with Gasteiger partial charge in [0.25, 0.3) is 16.7 Å². The quantitative estimate of drug-likeness (QED) is 0.0246. The second-order valence-electron chi connectivity index (χ2n) is 16.1. The minimum Gasteiger partial charge on any atom is -0.396 e. The van der Waals surface area contributed by atoms with Crippen molar-refractivity contribution in [1.29, 1.82) is 0 Å². The molecule has 7 aromatic heterocycles. The molecule has 0 aromatic carbocycles. The molecule has 0 spiro atoms. The van der Waals surface area contributed by atoms with Crippen molar-refractivity contribution in [1.82, 2.24) is 54.4 Å². The van der Waals surface area contributed by atoms with Crippen molar-refractivity contribution in [2.24, 2.45) is 0 Å². The molecular formula is C48H71BrCl2N16O9. The third-order valence-electron chi connectivity index (χ3n) is 9.48.